The maximum absolute atomic E-state index is 13.8. The first-order valence-corrected chi connectivity index (χ1v) is 12.3. The van der Waals surface area contributed by atoms with Crippen LogP contribution in [0.3, 0.4) is 0 Å². The van der Waals surface area contributed by atoms with Crippen molar-refractivity contribution in [2.75, 3.05) is 5.32 Å². The summed E-state index contributed by atoms with van der Waals surface area (Å²) < 4.78 is 5.29. The highest BCUT2D eigenvalue weighted by molar-refractivity contribution is 6.34. The van der Waals surface area contributed by atoms with Crippen LogP contribution in [0.1, 0.15) is 65.1 Å². The second kappa shape index (κ2) is 12.1. The van der Waals surface area contributed by atoms with Crippen molar-refractivity contribution in [3.8, 4) is 5.75 Å². The first-order valence-electron chi connectivity index (χ1n) is 11.9. The molecule has 3 amide bonds. The lowest BCUT2D eigenvalue weighted by atomic mass is 9.99. The molecule has 9 heteroatoms. The molecule has 3 N–H and O–H groups in total. The maximum atomic E-state index is 13.8. The summed E-state index contributed by atoms with van der Waals surface area (Å²) in [6.45, 7) is 12.2. The van der Waals surface area contributed by atoms with Crippen LogP contribution in [0.2, 0.25) is 5.02 Å². The number of halogens is 1. The lowest BCUT2D eigenvalue weighted by Crippen LogP contribution is -2.53. The van der Waals surface area contributed by atoms with Crippen molar-refractivity contribution in [2.24, 2.45) is 0 Å². The molecule has 0 saturated heterocycles. The van der Waals surface area contributed by atoms with Gasteiger partial charge in [-0.25, -0.2) is 4.79 Å². The van der Waals surface area contributed by atoms with Crippen LogP contribution in [0.15, 0.2) is 42.5 Å². The summed E-state index contributed by atoms with van der Waals surface area (Å²) in [4.78, 5) is 41.3. The normalized spacial score (nSPS) is 13.8. The molecule has 2 aromatic rings. The zero-order valence-electron chi connectivity index (χ0n) is 21.9. The lowest BCUT2D eigenvalue weighted by molar-refractivity contribution is -0.143. The number of nitrogens with zero attached hydrogens (tertiary/aromatic N) is 1. The van der Waals surface area contributed by atoms with Crippen molar-refractivity contribution in [1.29, 1.82) is 0 Å². The molecular formula is C27H36ClN3O5. The van der Waals surface area contributed by atoms with Crippen molar-refractivity contribution < 1.29 is 24.2 Å². The third-order valence-electron chi connectivity index (χ3n) is 5.61. The van der Waals surface area contributed by atoms with Gasteiger partial charge in [0.25, 0.3) is 5.91 Å². The first kappa shape index (κ1) is 29.0. The summed E-state index contributed by atoms with van der Waals surface area (Å²) in [5, 5.41) is 15.9. The summed E-state index contributed by atoms with van der Waals surface area (Å²) in [5.74, 6) is -1.03. The third kappa shape index (κ3) is 7.62. The number of alkyl carbamates (subject to hydrolysis) is 1. The number of para-hydroxylation sites is 1. The zero-order valence-corrected chi connectivity index (χ0v) is 22.6. The number of anilines is 1. The Balaban J connectivity index is 2.50. The van der Waals surface area contributed by atoms with Crippen molar-refractivity contribution in [3.05, 3.63) is 58.6 Å². The van der Waals surface area contributed by atoms with Gasteiger partial charge in [0.2, 0.25) is 5.91 Å². The Morgan fingerprint density at radius 3 is 2.31 bits per heavy atom. The molecule has 0 spiro atoms. The molecule has 0 fully saturated rings. The van der Waals surface area contributed by atoms with Crippen LogP contribution >= 0.6 is 11.6 Å². The molecule has 0 heterocycles. The van der Waals surface area contributed by atoms with Gasteiger partial charge in [0.15, 0.2) is 0 Å². The molecule has 8 nitrogen and oxygen atoms in total. The van der Waals surface area contributed by atoms with Crippen LogP contribution in [-0.2, 0) is 14.3 Å². The summed E-state index contributed by atoms with van der Waals surface area (Å²) in [5.41, 5.74) is 0.869. The number of nitrogens with one attached hydrogen (secondary N) is 2. The Morgan fingerprint density at radius 1 is 1.11 bits per heavy atom. The van der Waals surface area contributed by atoms with Crippen molar-refractivity contribution in [1.82, 2.24) is 10.2 Å². The van der Waals surface area contributed by atoms with Crippen molar-refractivity contribution in [3.63, 3.8) is 0 Å². The van der Waals surface area contributed by atoms with E-state index < -0.39 is 35.6 Å². The molecule has 196 valence electrons. The third-order valence-corrected chi connectivity index (χ3v) is 5.92. The highest BCUT2D eigenvalue weighted by Gasteiger charge is 2.37. The number of hydrogen-bond acceptors (Lipinski definition) is 5. The Hall–Kier alpha value is -3.26. The fourth-order valence-electron chi connectivity index (χ4n) is 3.68. The van der Waals surface area contributed by atoms with E-state index in [9.17, 15) is 19.5 Å². The van der Waals surface area contributed by atoms with Crippen LogP contribution in [0.4, 0.5) is 10.5 Å². The Kier molecular flexibility index (Phi) is 9.76. The van der Waals surface area contributed by atoms with Gasteiger partial charge in [0.05, 0.1) is 10.7 Å². The quantitative estimate of drug-likeness (QED) is 0.424. The molecule has 0 saturated carbocycles. The molecular weight excluding hydrogens is 482 g/mol. The van der Waals surface area contributed by atoms with E-state index in [4.69, 9.17) is 16.3 Å². The largest absolute Gasteiger partial charge is 0.508 e. The van der Waals surface area contributed by atoms with E-state index in [-0.39, 0.29) is 11.8 Å². The summed E-state index contributed by atoms with van der Waals surface area (Å²) in [7, 11) is 0. The van der Waals surface area contributed by atoms with E-state index in [1.807, 2.05) is 26.8 Å². The number of amides is 3. The van der Waals surface area contributed by atoms with Gasteiger partial charge >= 0.3 is 6.09 Å². The SMILES string of the molecule is CCC(C)N(C(=O)C(C)NC(=O)OC(C)(C)C)C(C(=O)Nc1c(C)cccc1Cl)c1cccc(O)c1. The Labute approximate surface area is 218 Å². The van der Waals surface area contributed by atoms with E-state index in [2.05, 4.69) is 10.6 Å². The summed E-state index contributed by atoms with van der Waals surface area (Å²) >= 11 is 6.35. The van der Waals surface area contributed by atoms with Gasteiger partial charge < -0.3 is 25.4 Å². The minimum atomic E-state index is -1.11. The topological polar surface area (TPSA) is 108 Å². The molecule has 3 unspecified atom stereocenters. The number of rotatable bonds is 8. The molecule has 0 bridgehead atoms. The van der Waals surface area contributed by atoms with Gasteiger partial charge in [-0.15, -0.1) is 0 Å². The number of aromatic hydroxyl groups is 1. The van der Waals surface area contributed by atoms with E-state index in [1.54, 1.807) is 45.0 Å². The molecule has 0 aliphatic rings. The fraction of sp³-hybridized carbons (Fsp3) is 0.444. The van der Waals surface area contributed by atoms with E-state index in [1.165, 1.54) is 24.0 Å². The molecule has 3 atom stereocenters. The van der Waals surface area contributed by atoms with Crippen LogP contribution < -0.4 is 10.6 Å². The highest BCUT2D eigenvalue weighted by atomic mass is 35.5. The van der Waals surface area contributed by atoms with E-state index in [0.29, 0.717) is 22.7 Å². The summed E-state index contributed by atoms with van der Waals surface area (Å²) in [6, 6.07) is 8.97. The smallest absolute Gasteiger partial charge is 0.408 e. The van der Waals surface area contributed by atoms with Crippen LogP contribution in [-0.4, -0.2) is 45.6 Å². The van der Waals surface area contributed by atoms with E-state index in [0.717, 1.165) is 5.56 Å². The Morgan fingerprint density at radius 2 is 1.75 bits per heavy atom. The number of hydrogen-bond donors (Lipinski definition) is 3. The van der Waals surface area contributed by atoms with Gasteiger partial charge in [0, 0.05) is 6.04 Å². The minimum Gasteiger partial charge on any atom is -0.508 e. The predicted octanol–water partition coefficient (Wildman–Crippen LogP) is 5.57. The number of carbonyl (C=O) groups excluding carboxylic acids is 3. The monoisotopic (exact) mass is 517 g/mol. The van der Waals surface area contributed by atoms with Gasteiger partial charge in [-0.2, -0.15) is 0 Å². The minimum absolute atomic E-state index is 0.0456. The van der Waals surface area contributed by atoms with Crippen LogP contribution in [0.25, 0.3) is 0 Å². The number of ether oxygens (including phenoxy) is 1. The van der Waals surface area contributed by atoms with Gasteiger partial charge in [-0.1, -0.05) is 42.8 Å². The molecule has 0 aromatic heterocycles. The first-order chi connectivity index (χ1) is 16.7. The average Bonchev–Trinajstić information content (AvgIpc) is 2.77. The standard InChI is InChI=1S/C27H36ClN3O5/c1-8-17(3)31(25(34)18(4)29-26(35)36-27(5,6)7)23(19-12-10-13-20(32)15-19)24(33)30-22-16(2)11-9-14-21(22)28/h9-15,17-18,23,32H,8H2,1-7H3,(H,29,35)(H,30,33). The number of phenolic OH excluding ortho intramolecular Hbond substituents is 1. The molecule has 0 radical (unpaired) electrons. The lowest BCUT2D eigenvalue weighted by Gasteiger charge is -2.37. The van der Waals surface area contributed by atoms with Crippen molar-refractivity contribution >= 4 is 35.2 Å². The molecule has 36 heavy (non-hydrogen) atoms. The number of phenols is 1. The molecule has 0 aliphatic carbocycles. The van der Waals surface area contributed by atoms with E-state index >= 15 is 0 Å². The second-order valence-electron chi connectivity index (χ2n) is 9.79. The van der Waals surface area contributed by atoms with Gasteiger partial charge in [-0.3, -0.25) is 9.59 Å². The predicted molar refractivity (Wildman–Crippen MR) is 141 cm³/mol. The second-order valence-corrected chi connectivity index (χ2v) is 10.2. The molecule has 2 rings (SSSR count). The average molecular weight is 518 g/mol. The molecule has 2 aromatic carbocycles. The van der Waals surface area contributed by atoms with Gasteiger partial charge in [-0.05, 0) is 77.3 Å². The number of carbonyl (C=O) groups is 3. The maximum Gasteiger partial charge on any atom is 0.408 e. The Bertz CT molecular complexity index is 1080. The van der Waals surface area contributed by atoms with Gasteiger partial charge in [0.1, 0.15) is 23.4 Å². The highest BCUT2D eigenvalue weighted by Crippen LogP contribution is 2.32. The number of aryl methyl sites for hydroxylation is 1. The van der Waals surface area contributed by atoms with Crippen molar-refractivity contribution in [2.45, 2.75) is 78.6 Å². The molecule has 0 aliphatic heterocycles. The van der Waals surface area contributed by atoms with Crippen LogP contribution in [0, 0.1) is 6.92 Å². The van der Waals surface area contributed by atoms with Crippen LogP contribution in [0.5, 0.6) is 5.75 Å². The fourth-order valence-corrected chi connectivity index (χ4v) is 3.95. The summed E-state index contributed by atoms with van der Waals surface area (Å²) in [6.07, 6.45) is -0.198. The zero-order chi connectivity index (χ0) is 27.2. The number of benzene rings is 2.